The number of rotatable bonds is 4. The number of aryl methyl sites for hydroxylation is 1. The van der Waals surface area contributed by atoms with Gasteiger partial charge in [-0.15, -0.1) is 0 Å². The molecule has 0 aliphatic rings. The summed E-state index contributed by atoms with van der Waals surface area (Å²) < 4.78 is 9.83. The zero-order chi connectivity index (χ0) is 16.1. The van der Waals surface area contributed by atoms with E-state index in [1.54, 1.807) is 43.5 Å². The highest BCUT2D eigenvalue weighted by atomic mass is 16.5. The van der Waals surface area contributed by atoms with Gasteiger partial charge in [0.25, 0.3) is 5.91 Å². The van der Waals surface area contributed by atoms with Crippen LogP contribution >= 0.6 is 0 Å². The SMILES string of the molecule is COC(=O)c1ccc(NC(=O)c2ccc(C)c(OC)c2)cc1. The predicted molar refractivity (Wildman–Crippen MR) is 83.5 cm³/mol. The Labute approximate surface area is 128 Å². The van der Waals surface area contributed by atoms with E-state index in [0.29, 0.717) is 22.6 Å². The summed E-state index contributed by atoms with van der Waals surface area (Å²) in [6.45, 7) is 1.91. The van der Waals surface area contributed by atoms with Crippen molar-refractivity contribution in [3.05, 3.63) is 59.2 Å². The normalized spacial score (nSPS) is 9.95. The van der Waals surface area contributed by atoms with Crippen molar-refractivity contribution in [3.63, 3.8) is 0 Å². The summed E-state index contributed by atoms with van der Waals surface area (Å²) >= 11 is 0. The Morgan fingerprint density at radius 1 is 0.955 bits per heavy atom. The zero-order valence-corrected chi connectivity index (χ0v) is 12.7. The highest BCUT2D eigenvalue weighted by Crippen LogP contribution is 2.20. The maximum Gasteiger partial charge on any atom is 0.337 e. The van der Waals surface area contributed by atoms with Gasteiger partial charge in [0.15, 0.2) is 0 Å². The van der Waals surface area contributed by atoms with Crippen LogP contribution < -0.4 is 10.1 Å². The highest BCUT2D eigenvalue weighted by molar-refractivity contribution is 6.04. The average molecular weight is 299 g/mol. The molecule has 1 N–H and O–H groups in total. The number of carbonyl (C=O) groups excluding carboxylic acids is 2. The molecule has 0 aliphatic heterocycles. The van der Waals surface area contributed by atoms with Crippen LogP contribution in [0.2, 0.25) is 0 Å². The maximum atomic E-state index is 12.2. The molecule has 2 aromatic rings. The molecular weight excluding hydrogens is 282 g/mol. The molecule has 0 saturated heterocycles. The van der Waals surface area contributed by atoms with E-state index >= 15 is 0 Å². The van der Waals surface area contributed by atoms with Gasteiger partial charge in [-0.1, -0.05) is 6.07 Å². The summed E-state index contributed by atoms with van der Waals surface area (Å²) in [5.41, 5.74) is 2.48. The lowest BCUT2D eigenvalue weighted by Crippen LogP contribution is -2.12. The van der Waals surface area contributed by atoms with E-state index in [1.165, 1.54) is 7.11 Å². The third kappa shape index (κ3) is 3.44. The first-order chi connectivity index (χ1) is 10.5. The van der Waals surface area contributed by atoms with Gasteiger partial charge >= 0.3 is 5.97 Å². The van der Waals surface area contributed by atoms with E-state index in [-0.39, 0.29) is 5.91 Å². The van der Waals surface area contributed by atoms with E-state index in [0.717, 1.165) is 5.56 Å². The highest BCUT2D eigenvalue weighted by Gasteiger charge is 2.10. The molecule has 0 saturated carbocycles. The van der Waals surface area contributed by atoms with Crippen LogP contribution in [0.1, 0.15) is 26.3 Å². The van der Waals surface area contributed by atoms with Crippen LogP contribution in [0.25, 0.3) is 0 Å². The van der Waals surface area contributed by atoms with E-state index in [1.807, 2.05) is 13.0 Å². The van der Waals surface area contributed by atoms with Crippen LogP contribution in [0.5, 0.6) is 5.75 Å². The number of amides is 1. The lowest BCUT2D eigenvalue weighted by atomic mass is 10.1. The lowest BCUT2D eigenvalue weighted by molar-refractivity contribution is 0.0600. The fourth-order valence-electron chi connectivity index (χ4n) is 1.97. The monoisotopic (exact) mass is 299 g/mol. The summed E-state index contributed by atoms with van der Waals surface area (Å²) in [4.78, 5) is 23.6. The third-order valence-corrected chi connectivity index (χ3v) is 3.23. The third-order valence-electron chi connectivity index (χ3n) is 3.23. The number of ether oxygens (including phenoxy) is 2. The first-order valence-corrected chi connectivity index (χ1v) is 6.69. The maximum absolute atomic E-state index is 12.2. The molecule has 0 bridgehead atoms. The molecular formula is C17H17NO4. The first-order valence-electron chi connectivity index (χ1n) is 6.69. The molecule has 0 atom stereocenters. The van der Waals surface area contributed by atoms with Crippen molar-refractivity contribution in [2.75, 3.05) is 19.5 Å². The smallest absolute Gasteiger partial charge is 0.337 e. The van der Waals surface area contributed by atoms with Gasteiger partial charge in [0, 0.05) is 11.3 Å². The standard InChI is InChI=1S/C17H17NO4/c1-11-4-5-13(10-15(11)21-2)16(19)18-14-8-6-12(7-9-14)17(20)22-3/h4-10H,1-3H3,(H,18,19). The Hall–Kier alpha value is -2.82. The molecule has 0 aromatic heterocycles. The molecule has 0 spiro atoms. The minimum Gasteiger partial charge on any atom is -0.496 e. The number of anilines is 1. The molecule has 0 heterocycles. The summed E-state index contributed by atoms with van der Waals surface area (Å²) in [5, 5.41) is 2.77. The van der Waals surface area contributed by atoms with Crippen molar-refractivity contribution in [1.29, 1.82) is 0 Å². The van der Waals surface area contributed by atoms with Crippen molar-refractivity contribution >= 4 is 17.6 Å². The zero-order valence-electron chi connectivity index (χ0n) is 12.7. The van der Waals surface area contributed by atoms with Crippen molar-refractivity contribution in [2.24, 2.45) is 0 Å². The number of nitrogens with one attached hydrogen (secondary N) is 1. The predicted octanol–water partition coefficient (Wildman–Crippen LogP) is 3.04. The molecule has 5 nitrogen and oxygen atoms in total. The molecule has 0 unspecified atom stereocenters. The number of benzene rings is 2. The summed E-state index contributed by atoms with van der Waals surface area (Å²) in [6.07, 6.45) is 0. The number of esters is 1. The van der Waals surface area contributed by atoms with E-state index in [4.69, 9.17) is 4.74 Å². The fraction of sp³-hybridized carbons (Fsp3) is 0.176. The van der Waals surface area contributed by atoms with Crippen LogP contribution in [0.4, 0.5) is 5.69 Å². The molecule has 2 aromatic carbocycles. The second-order valence-corrected chi connectivity index (χ2v) is 4.71. The van der Waals surface area contributed by atoms with Gasteiger partial charge in [-0.3, -0.25) is 4.79 Å². The van der Waals surface area contributed by atoms with Gasteiger partial charge in [0.2, 0.25) is 0 Å². The summed E-state index contributed by atoms with van der Waals surface area (Å²) in [5.74, 6) is -0.000968. The van der Waals surface area contributed by atoms with Crippen LogP contribution in [0, 0.1) is 6.92 Å². The quantitative estimate of drug-likeness (QED) is 0.881. The van der Waals surface area contributed by atoms with Gasteiger partial charge in [-0.2, -0.15) is 0 Å². The summed E-state index contributed by atoms with van der Waals surface area (Å²) in [6, 6.07) is 11.7. The Morgan fingerprint density at radius 2 is 1.59 bits per heavy atom. The molecule has 5 heteroatoms. The van der Waals surface area contributed by atoms with Gasteiger partial charge in [-0.05, 0) is 48.9 Å². The van der Waals surface area contributed by atoms with Gasteiger partial charge in [-0.25, -0.2) is 4.79 Å². The van der Waals surface area contributed by atoms with E-state index in [2.05, 4.69) is 10.1 Å². The van der Waals surface area contributed by atoms with Crippen molar-refractivity contribution in [2.45, 2.75) is 6.92 Å². The molecule has 0 radical (unpaired) electrons. The van der Waals surface area contributed by atoms with Crippen LogP contribution in [0.15, 0.2) is 42.5 Å². The number of hydrogen-bond acceptors (Lipinski definition) is 4. The van der Waals surface area contributed by atoms with Gasteiger partial charge < -0.3 is 14.8 Å². The Balaban J connectivity index is 2.13. The molecule has 22 heavy (non-hydrogen) atoms. The Morgan fingerprint density at radius 3 is 2.18 bits per heavy atom. The fourth-order valence-corrected chi connectivity index (χ4v) is 1.97. The van der Waals surface area contributed by atoms with E-state index in [9.17, 15) is 9.59 Å². The van der Waals surface area contributed by atoms with Gasteiger partial charge in [0.05, 0.1) is 19.8 Å². The first kappa shape index (κ1) is 15.6. The number of methoxy groups -OCH3 is 2. The van der Waals surface area contributed by atoms with Crippen molar-refractivity contribution < 1.29 is 19.1 Å². The van der Waals surface area contributed by atoms with Crippen molar-refractivity contribution in [1.82, 2.24) is 0 Å². The minimum atomic E-state index is -0.416. The van der Waals surface area contributed by atoms with Crippen LogP contribution in [0.3, 0.4) is 0 Å². The largest absolute Gasteiger partial charge is 0.496 e. The average Bonchev–Trinajstić information content (AvgIpc) is 2.55. The van der Waals surface area contributed by atoms with Gasteiger partial charge in [0.1, 0.15) is 5.75 Å². The molecule has 1 amide bonds. The second-order valence-electron chi connectivity index (χ2n) is 4.71. The molecule has 0 fully saturated rings. The van der Waals surface area contributed by atoms with Crippen LogP contribution in [-0.2, 0) is 4.74 Å². The summed E-state index contributed by atoms with van der Waals surface area (Å²) in [7, 11) is 2.89. The minimum absolute atomic E-state index is 0.246. The lowest BCUT2D eigenvalue weighted by Gasteiger charge is -2.09. The number of carbonyl (C=O) groups is 2. The topological polar surface area (TPSA) is 64.6 Å². The van der Waals surface area contributed by atoms with E-state index < -0.39 is 5.97 Å². The molecule has 114 valence electrons. The van der Waals surface area contributed by atoms with Crippen molar-refractivity contribution in [3.8, 4) is 5.75 Å². The second kappa shape index (κ2) is 6.76. The Kier molecular flexibility index (Phi) is 4.78. The molecule has 0 aliphatic carbocycles. The van der Waals surface area contributed by atoms with Crippen LogP contribution in [-0.4, -0.2) is 26.1 Å². The number of hydrogen-bond donors (Lipinski definition) is 1. The Bertz CT molecular complexity index is 692. The molecule has 2 rings (SSSR count).